The van der Waals surface area contributed by atoms with Crippen LogP contribution in [0.5, 0.6) is 0 Å². The number of rotatable bonds is 8. The second-order valence-electron chi connectivity index (χ2n) is 4.19. The standard InChI is InChI=1S/C14H17Cl2NO3S/c1-20-13(19)6-8-21-9-12(18)17-7-5-10-3-2-4-11(15)14(10)16/h2-4H,5-9H2,1H3,(H,17,18). The summed E-state index contributed by atoms with van der Waals surface area (Å²) >= 11 is 13.4. The first-order valence-electron chi connectivity index (χ1n) is 6.38. The smallest absolute Gasteiger partial charge is 0.306 e. The molecule has 0 aromatic heterocycles. The zero-order chi connectivity index (χ0) is 15.7. The number of hydrogen-bond donors (Lipinski definition) is 1. The third kappa shape index (κ3) is 7.07. The summed E-state index contributed by atoms with van der Waals surface area (Å²) in [6.45, 7) is 0.496. The number of amides is 1. The number of benzene rings is 1. The zero-order valence-electron chi connectivity index (χ0n) is 11.7. The number of hydrogen-bond acceptors (Lipinski definition) is 4. The van der Waals surface area contributed by atoms with E-state index in [0.717, 1.165) is 5.56 Å². The first kappa shape index (κ1) is 18.1. The lowest BCUT2D eigenvalue weighted by molar-refractivity contribution is -0.140. The molecule has 0 radical (unpaired) electrons. The normalized spacial score (nSPS) is 10.2. The maximum Gasteiger partial charge on any atom is 0.306 e. The summed E-state index contributed by atoms with van der Waals surface area (Å²) in [6, 6.07) is 5.43. The zero-order valence-corrected chi connectivity index (χ0v) is 14.0. The molecule has 0 unspecified atom stereocenters. The maximum absolute atomic E-state index is 11.6. The molecular weight excluding hydrogens is 333 g/mol. The van der Waals surface area contributed by atoms with Crippen molar-refractivity contribution >= 4 is 46.8 Å². The maximum atomic E-state index is 11.6. The summed E-state index contributed by atoms with van der Waals surface area (Å²) in [5.41, 5.74) is 0.905. The SMILES string of the molecule is COC(=O)CCSCC(=O)NCCc1cccc(Cl)c1Cl. The quantitative estimate of drug-likeness (QED) is 0.579. The second kappa shape index (κ2) is 9.92. The molecule has 0 atom stereocenters. The highest BCUT2D eigenvalue weighted by atomic mass is 35.5. The van der Waals surface area contributed by atoms with E-state index in [1.807, 2.05) is 12.1 Å². The van der Waals surface area contributed by atoms with Gasteiger partial charge >= 0.3 is 5.97 Å². The molecule has 0 aliphatic heterocycles. The largest absolute Gasteiger partial charge is 0.469 e. The third-order valence-electron chi connectivity index (χ3n) is 2.66. The van der Waals surface area contributed by atoms with Crippen LogP contribution in [0.15, 0.2) is 18.2 Å². The van der Waals surface area contributed by atoms with Gasteiger partial charge in [0.15, 0.2) is 0 Å². The number of thioether (sulfide) groups is 1. The highest BCUT2D eigenvalue weighted by Gasteiger charge is 2.06. The highest BCUT2D eigenvalue weighted by Crippen LogP contribution is 2.25. The number of halogens is 2. The van der Waals surface area contributed by atoms with E-state index in [0.29, 0.717) is 40.9 Å². The van der Waals surface area contributed by atoms with E-state index in [-0.39, 0.29) is 11.9 Å². The molecule has 0 heterocycles. The van der Waals surface area contributed by atoms with E-state index in [1.54, 1.807) is 6.07 Å². The average molecular weight is 350 g/mol. The molecular formula is C14H17Cl2NO3S. The molecule has 7 heteroatoms. The molecule has 0 spiro atoms. The van der Waals surface area contributed by atoms with Crippen LogP contribution in [-0.2, 0) is 20.7 Å². The molecule has 1 amide bonds. The van der Waals surface area contributed by atoms with Gasteiger partial charge in [0.2, 0.25) is 5.91 Å². The molecule has 1 N–H and O–H groups in total. The summed E-state index contributed by atoms with van der Waals surface area (Å²) in [5, 5.41) is 3.84. The summed E-state index contributed by atoms with van der Waals surface area (Å²) in [5.74, 6) is 0.557. The Labute approximate surface area is 138 Å². The Kier molecular flexibility index (Phi) is 8.57. The van der Waals surface area contributed by atoms with Crippen molar-refractivity contribution in [1.29, 1.82) is 0 Å². The van der Waals surface area contributed by atoms with Gasteiger partial charge in [0, 0.05) is 12.3 Å². The number of nitrogens with one attached hydrogen (secondary N) is 1. The van der Waals surface area contributed by atoms with Crippen molar-refractivity contribution in [2.75, 3.05) is 25.2 Å². The van der Waals surface area contributed by atoms with Gasteiger partial charge in [-0.25, -0.2) is 0 Å². The van der Waals surface area contributed by atoms with Crippen LogP contribution in [0.2, 0.25) is 10.0 Å². The molecule has 0 saturated carbocycles. The molecule has 116 valence electrons. The number of ether oxygens (including phenoxy) is 1. The summed E-state index contributed by atoms with van der Waals surface area (Å²) in [4.78, 5) is 22.5. The Balaban J connectivity index is 2.19. The third-order valence-corrected chi connectivity index (χ3v) is 4.48. The van der Waals surface area contributed by atoms with Gasteiger partial charge in [0.1, 0.15) is 0 Å². The van der Waals surface area contributed by atoms with Crippen molar-refractivity contribution in [2.45, 2.75) is 12.8 Å². The van der Waals surface area contributed by atoms with Crippen molar-refractivity contribution in [3.63, 3.8) is 0 Å². The molecule has 4 nitrogen and oxygen atoms in total. The number of carbonyl (C=O) groups excluding carboxylic acids is 2. The Bertz CT molecular complexity index is 497. The van der Waals surface area contributed by atoms with Crippen LogP contribution in [0.1, 0.15) is 12.0 Å². The lowest BCUT2D eigenvalue weighted by atomic mass is 10.1. The molecule has 0 saturated heterocycles. The van der Waals surface area contributed by atoms with E-state index >= 15 is 0 Å². The summed E-state index contributed by atoms with van der Waals surface area (Å²) in [6.07, 6.45) is 0.935. The Morgan fingerprint density at radius 3 is 2.81 bits per heavy atom. The van der Waals surface area contributed by atoms with Crippen LogP contribution < -0.4 is 5.32 Å². The van der Waals surface area contributed by atoms with Gasteiger partial charge in [0.25, 0.3) is 0 Å². The predicted molar refractivity (Wildman–Crippen MR) is 87.1 cm³/mol. The number of carbonyl (C=O) groups is 2. The Morgan fingerprint density at radius 2 is 2.10 bits per heavy atom. The lowest BCUT2D eigenvalue weighted by Gasteiger charge is -2.07. The van der Waals surface area contributed by atoms with E-state index in [9.17, 15) is 9.59 Å². The monoisotopic (exact) mass is 349 g/mol. The molecule has 0 aliphatic carbocycles. The molecule has 0 bridgehead atoms. The molecule has 0 fully saturated rings. The lowest BCUT2D eigenvalue weighted by Crippen LogP contribution is -2.27. The Morgan fingerprint density at radius 1 is 1.33 bits per heavy atom. The van der Waals surface area contributed by atoms with Crippen LogP contribution >= 0.6 is 35.0 Å². The topological polar surface area (TPSA) is 55.4 Å². The minimum absolute atomic E-state index is 0.0667. The van der Waals surface area contributed by atoms with E-state index < -0.39 is 0 Å². The average Bonchev–Trinajstić information content (AvgIpc) is 2.47. The van der Waals surface area contributed by atoms with Gasteiger partial charge in [-0.15, -0.1) is 0 Å². The first-order chi connectivity index (χ1) is 10.0. The second-order valence-corrected chi connectivity index (χ2v) is 6.08. The minimum atomic E-state index is -0.265. The minimum Gasteiger partial charge on any atom is -0.469 e. The fraction of sp³-hybridized carbons (Fsp3) is 0.429. The fourth-order valence-electron chi connectivity index (χ4n) is 1.55. The van der Waals surface area contributed by atoms with E-state index in [1.165, 1.54) is 18.9 Å². The van der Waals surface area contributed by atoms with Crippen molar-refractivity contribution in [2.24, 2.45) is 0 Å². The fourth-order valence-corrected chi connectivity index (χ4v) is 2.71. The molecule has 1 rings (SSSR count). The van der Waals surface area contributed by atoms with Crippen LogP contribution in [0.4, 0.5) is 0 Å². The van der Waals surface area contributed by atoms with Crippen LogP contribution in [0, 0.1) is 0 Å². The molecule has 1 aromatic rings. The first-order valence-corrected chi connectivity index (χ1v) is 8.29. The van der Waals surface area contributed by atoms with Gasteiger partial charge in [-0.3, -0.25) is 9.59 Å². The van der Waals surface area contributed by atoms with Crippen molar-refractivity contribution in [3.8, 4) is 0 Å². The number of methoxy groups -OCH3 is 1. The number of esters is 1. The van der Waals surface area contributed by atoms with Crippen LogP contribution in [-0.4, -0.2) is 37.0 Å². The highest BCUT2D eigenvalue weighted by molar-refractivity contribution is 7.99. The molecule has 1 aromatic carbocycles. The summed E-state index contributed by atoms with van der Waals surface area (Å²) < 4.78 is 4.52. The van der Waals surface area contributed by atoms with Gasteiger partial charge in [-0.2, -0.15) is 11.8 Å². The van der Waals surface area contributed by atoms with Gasteiger partial charge < -0.3 is 10.1 Å². The van der Waals surface area contributed by atoms with Gasteiger partial charge in [-0.05, 0) is 18.1 Å². The van der Waals surface area contributed by atoms with Crippen LogP contribution in [0.25, 0.3) is 0 Å². The Hall–Kier alpha value is -0.910. The predicted octanol–water partition coefficient (Wildman–Crippen LogP) is 2.95. The van der Waals surface area contributed by atoms with Crippen molar-refractivity contribution < 1.29 is 14.3 Å². The molecule has 21 heavy (non-hydrogen) atoms. The van der Waals surface area contributed by atoms with Crippen molar-refractivity contribution in [1.82, 2.24) is 5.32 Å². The van der Waals surface area contributed by atoms with Crippen molar-refractivity contribution in [3.05, 3.63) is 33.8 Å². The molecule has 0 aliphatic rings. The van der Waals surface area contributed by atoms with E-state index in [2.05, 4.69) is 10.1 Å². The van der Waals surface area contributed by atoms with Crippen LogP contribution in [0.3, 0.4) is 0 Å². The van der Waals surface area contributed by atoms with Gasteiger partial charge in [0.05, 0.1) is 29.3 Å². The summed E-state index contributed by atoms with van der Waals surface area (Å²) in [7, 11) is 1.35. The van der Waals surface area contributed by atoms with Gasteiger partial charge in [-0.1, -0.05) is 35.3 Å². The van der Waals surface area contributed by atoms with E-state index in [4.69, 9.17) is 23.2 Å².